The largest absolute Gasteiger partial charge is 0.294 e. The predicted octanol–water partition coefficient (Wildman–Crippen LogP) is 4.75. The van der Waals surface area contributed by atoms with Gasteiger partial charge in [0.25, 0.3) is 0 Å². The van der Waals surface area contributed by atoms with Gasteiger partial charge >= 0.3 is 0 Å². The van der Waals surface area contributed by atoms with Gasteiger partial charge in [0.1, 0.15) is 0 Å². The van der Waals surface area contributed by atoms with Crippen molar-refractivity contribution in [2.24, 2.45) is 5.10 Å². The third-order valence-electron chi connectivity index (χ3n) is 3.82. The number of nitrogens with one attached hydrogen (secondary N) is 1. The lowest BCUT2D eigenvalue weighted by Gasteiger charge is -2.30. The fourth-order valence-corrected chi connectivity index (χ4v) is 2.64. The lowest BCUT2D eigenvalue weighted by molar-refractivity contribution is 0.166. The van der Waals surface area contributed by atoms with Gasteiger partial charge in [0.15, 0.2) is 0 Å². The summed E-state index contributed by atoms with van der Waals surface area (Å²) in [5, 5.41) is 4.31. The van der Waals surface area contributed by atoms with Crippen molar-refractivity contribution in [3.8, 4) is 0 Å². The standard InChI is InChI=1S/C20H27N3/c1-16(2)23(17(3)4)15-19-10-8-9-18(13-19)14-21-22-20-11-6-5-7-12-20/h5-14,16-17,22H,15H2,1-4H3. The van der Waals surface area contributed by atoms with Gasteiger partial charge in [0.05, 0.1) is 11.9 Å². The van der Waals surface area contributed by atoms with Crippen LogP contribution in [0.25, 0.3) is 0 Å². The lowest BCUT2D eigenvalue weighted by Crippen LogP contribution is -2.36. The maximum atomic E-state index is 4.31. The van der Waals surface area contributed by atoms with E-state index in [0.29, 0.717) is 12.1 Å². The van der Waals surface area contributed by atoms with Gasteiger partial charge in [-0.15, -0.1) is 0 Å². The number of para-hydroxylation sites is 1. The SMILES string of the molecule is CC(C)N(Cc1cccc(C=NNc2ccccc2)c1)C(C)C. The van der Waals surface area contributed by atoms with Crippen molar-refractivity contribution in [2.45, 2.75) is 46.3 Å². The first kappa shape index (κ1) is 17.2. The molecule has 0 amide bonds. The Morgan fingerprint density at radius 2 is 1.65 bits per heavy atom. The number of rotatable bonds is 7. The van der Waals surface area contributed by atoms with Crippen molar-refractivity contribution in [3.63, 3.8) is 0 Å². The third-order valence-corrected chi connectivity index (χ3v) is 3.82. The first-order valence-electron chi connectivity index (χ1n) is 8.25. The molecule has 2 aromatic carbocycles. The van der Waals surface area contributed by atoms with Crippen molar-refractivity contribution in [2.75, 3.05) is 5.43 Å². The first-order valence-corrected chi connectivity index (χ1v) is 8.25. The van der Waals surface area contributed by atoms with Crippen LogP contribution in [0.15, 0.2) is 59.7 Å². The van der Waals surface area contributed by atoms with E-state index in [1.165, 1.54) is 5.56 Å². The number of benzene rings is 2. The Morgan fingerprint density at radius 3 is 2.30 bits per heavy atom. The summed E-state index contributed by atoms with van der Waals surface area (Å²) < 4.78 is 0. The highest BCUT2D eigenvalue weighted by molar-refractivity contribution is 5.80. The van der Waals surface area contributed by atoms with Crippen LogP contribution in [-0.4, -0.2) is 23.2 Å². The highest BCUT2D eigenvalue weighted by atomic mass is 15.3. The van der Waals surface area contributed by atoms with Crippen molar-refractivity contribution >= 4 is 11.9 Å². The second-order valence-electron chi connectivity index (χ2n) is 6.34. The van der Waals surface area contributed by atoms with Crippen molar-refractivity contribution < 1.29 is 0 Å². The monoisotopic (exact) mass is 309 g/mol. The van der Waals surface area contributed by atoms with Crippen molar-refractivity contribution in [1.82, 2.24) is 4.90 Å². The molecule has 3 heteroatoms. The molecular formula is C20H27N3. The van der Waals surface area contributed by atoms with Gasteiger partial charge in [-0.2, -0.15) is 5.10 Å². The number of hydrogen-bond acceptors (Lipinski definition) is 3. The maximum absolute atomic E-state index is 4.31. The van der Waals surface area contributed by atoms with E-state index >= 15 is 0 Å². The molecule has 0 spiro atoms. The minimum absolute atomic E-state index is 0.534. The molecule has 0 saturated carbocycles. The van der Waals surface area contributed by atoms with Crippen molar-refractivity contribution in [1.29, 1.82) is 0 Å². The zero-order valence-electron chi connectivity index (χ0n) is 14.5. The van der Waals surface area contributed by atoms with Gasteiger partial charge in [-0.3, -0.25) is 10.3 Å². The van der Waals surface area contributed by atoms with Crippen LogP contribution in [0.2, 0.25) is 0 Å². The third kappa shape index (κ3) is 5.53. The second-order valence-corrected chi connectivity index (χ2v) is 6.34. The van der Waals surface area contributed by atoms with E-state index in [-0.39, 0.29) is 0 Å². The Hall–Kier alpha value is -2.13. The van der Waals surface area contributed by atoms with Gasteiger partial charge in [-0.05, 0) is 57.0 Å². The molecule has 0 aliphatic heterocycles. The average molecular weight is 309 g/mol. The molecule has 0 saturated heterocycles. The topological polar surface area (TPSA) is 27.6 Å². The molecule has 3 nitrogen and oxygen atoms in total. The van der Waals surface area contributed by atoms with Gasteiger partial charge < -0.3 is 0 Å². The summed E-state index contributed by atoms with van der Waals surface area (Å²) >= 11 is 0. The van der Waals surface area contributed by atoms with Crippen LogP contribution in [0.1, 0.15) is 38.8 Å². The Balaban J connectivity index is 2.02. The van der Waals surface area contributed by atoms with Crippen LogP contribution in [-0.2, 0) is 6.54 Å². The van der Waals surface area contributed by atoms with Crippen LogP contribution < -0.4 is 5.43 Å². The molecule has 122 valence electrons. The van der Waals surface area contributed by atoms with Crippen LogP contribution >= 0.6 is 0 Å². The molecule has 0 atom stereocenters. The zero-order chi connectivity index (χ0) is 16.7. The molecule has 2 rings (SSSR count). The summed E-state index contributed by atoms with van der Waals surface area (Å²) in [6, 6.07) is 19.6. The van der Waals surface area contributed by atoms with Gasteiger partial charge in [-0.25, -0.2) is 0 Å². The van der Waals surface area contributed by atoms with E-state index in [9.17, 15) is 0 Å². The van der Waals surface area contributed by atoms with Gasteiger partial charge in [-0.1, -0.05) is 36.4 Å². The van der Waals surface area contributed by atoms with E-state index in [4.69, 9.17) is 0 Å². The fourth-order valence-electron chi connectivity index (χ4n) is 2.64. The van der Waals surface area contributed by atoms with Gasteiger partial charge in [0, 0.05) is 18.6 Å². The Kier molecular flexibility index (Phi) is 6.36. The summed E-state index contributed by atoms with van der Waals surface area (Å²) in [7, 11) is 0. The minimum Gasteiger partial charge on any atom is -0.294 e. The number of hydrogen-bond donors (Lipinski definition) is 1. The number of nitrogens with zero attached hydrogens (tertiary/aromatic N) is 2. The lowest BCUT2D eigenvalue weighted by atomic mass is 10.1. The minimum atomic E-state index is 0.534. The summed E-state index contributed by atoms with van der Waals surface area (Å²) in [5.74, 6) is 0. The highest BCUT2D eigenvalue weighted by Crippen LogP contribution is 2.13. The van der Waals surface area contributed by atoms with Crippen LogP contribution in [0, 0.1) is 0 Å². The summed E-state index contributed by atoms with van der Waals surface area (Å²) in [6.07, 6.45) is 1.87. The van der Waals surface area contributed by atoms with E-state index in [0.717, 1.165) is 17.8 Å². The summed E-state index contributed by atoms with van der Waals surface area (Å²) in [5.41, 5.74) is 6.47. The molecule has 23 heavy (non-hydrogen) atoms. The normalized spacial score (nSPS) is 11.8. The smallest absolute Gasteiger partial charge is 0.0561 e. The molecule has 0 radical (unpaired) electrons. The summed E-state index contributed by atoms with van der Waals surface area (Å²) in [6.45, 7) is 9.94. The highest BCUT2D eigenvalue weighted by Gasteiger charge is 2.13. The number of hydrazone groups is 1. The first-order chi connectivity index (χ1) is 11.1. The van der Waals surface area contributed by atoms with E-state index in [1.807, 2.05) is 36.5 Å². The molecule has 0 aromatic heterocycles. The summed E-state index contributed by atoms with van der Waals surface area (Å²) in [4.78, 5) is 2.48. The fraction of sp³-hybridized carbons (Fsp3) is 0.350. The predicted molar refractivity (Wildman–Crippen MR) is 99.9 cm³/mol. The zero-order valence-corrected chi connectivity index (χ0v) is 14.5. The van der Waals surface area contributed by atoms with Crippen LogP contribution in [0.5, 0.6) is 0 Å². The second kappa shape index (κ2) is 8.49. The van der Waals surface area contributed by atoms with Crippen LogP contribution in [0.3, 0.4) is 0 Å². The molecule has 0 aliphatic carbocycles. The molecule has 0 unspecified atom stereocenters. The van der Waals surface area contributed by atoms with E-state index in [2.05, 4.69) is 67.4 Å². The molecule has 0 fully saturated rings. The average Bonchev–Trinajstić information content (AvgIpc) is 2.53. The molecule has 2 aromatic rings. The Bertz CT molecular complexity index is 610. The Labute approximate surface area is 140 Å². The molecule has 0 aliphatic rings. The molecular weight excluding hydrogens is 282 g/mol. The van der Waals surface area contributed by atoms with Crippen molar-refractivity contribution in [3.05, 3.63) is 65.7 Å². The quantitative estimate of drug-likeness (QED) is 0.590. The van der Waals surface area contributed by atoms with E-state index < -0.39 is 0 Å². The van der Waals surface area contributed by atoms with Crippen LogP contribution in [0.4, 0.5) is 5.69 Å². The molecule has 1 N–H and O–H groups in total. The Morgan fingerprint density at radius 1 is 0.957 bits per heavy atom. The van der Waals surface area contributed by atoms with E-state index in [1.54, 1.807) is 0 Å². The maximum Gasteiger partial charge on any atom is 0.0561 e. The molecule has 0 heterocycles. The van der Waals surface area contributed by atoms with Gasteiger partial charge in [0.2, 0.25) is 0 Å². The molecule has 0 bridgehead atoms. The number of anilines is 1.